The fourth-order valence-corrected chi connectivity index (χ4v) is 2.52. The number of guanidine groups is 1. The van der Waals surface area contributed by atoms with Gasteiger partial charge in [-0.25, -0.2) is 4.99 Å². The fraction of sp³-hybridized carbons (Fsp3) is 0.733. The number of halogens is 1. The molecule has 1 fully saturated rings. The lowest BCUT2D eigenvalue weighted by molar-refractivity contribution is 0.376. The van der Waals surface area contributed by atoms with Crippen molar-refractivity contribution in [1.29, 1.82) is 0 Å². The molecule has 21 heavy (non-hydrogen) atoms. The van der Waals surface area contributed by atoms with Gasteiger partial charge >= 0.3 is 0 Å². The quantitative estimate of drug-likeness (QED) is 0.347. The van der Waals surface area contributed by atoms with Gasteiger partial charge in [0.1, 0.15) is 6.54 Å². The van der Waals surface area contributed by atoms with Crippen molar-refractivity contribution in [1.82, 2.24) is 10.5 Å². The predicted octanol–water partition coefficient (Wildman–Crippen LogP) is 3.54. The van der Waals surface area contributed by atoms with Crippen molar-refractivity contribution in [3.63, 3.8) is 0 Å². The number of aliphatic imine (C=N–C) groups is 1. The van der Waals surface area contributed by atoms with Crippen molar-refractivity contribution in [3.8, 4) is 0 Å². The van der Waals surface area contributed by atoms with Crippen molar-refractivity contribution >= 4 is 29.9 Å². The molecule has 0 unspecified atom stereocenters. The maximum Gasteiger partial charge on any atom is 0.189 e. The Labute approximate surface area is 144 Å². The zero-order valence-electron chi connectivity index (χ0n) is 13.0. The highest BCUT2D eigenvalue weighted by atomic mass is 127. The summed E-state index contributed by atoms with van der Waals surface area (Å²) in [6.07, 6.45) is 7.62. The number of nitrogens with one attached hydrogen (secondary N) is 1. The molecule has 0 spiro atoms. The molecule has 120 valence electrons. The minimum Gasteiger partial charge on any atom is -0.370 e. The minimum absolute atomic E-state index is 0. The van der Waals surface area contributed by atoms with Crippen molar-refractivity contribution in [2.75, 3.05) is 0 Å². The van der Waals surface area contributed by atoms with Crippen molar-refractivity contribution in [3.05, 3.63) is 17.5 Å². The Bertz CT molecular complexity index is 437. The zero-order valence-corrected chi connectivity index (χ0v) is 15.3. The molecule has 1 saturated carbocycles. The Kier molecular flexibility index (Phi) is 8.06. The molecule has 0 aromatic carbocycles. The van der Waals surface area contributed by atoms with Crippen LogP contribution in [0, 0.1) is 0 Å². The van der Waals surface area contributed by atoms with Crippen LogP contribution in [0.3, 0.4) is 0 Å². The molecule has 1 heterocycles. The van der Waals surface area contributed by atoms with E-state index in [2.05, 4.69) is 29.3 Å². The Hall–Kier alpha value is -0.790. The number of rotatable bonds is 4. The molecule has 1 aliphatic carbocycles. The van der Waals surface area contributed by atoms with Gasteiger partial charge in [0.2, 0.25) is 0 Å². The molecule has 3 N–H and O–H groups in total. The summed E-state index contributed by atoms with van der Waals surface area (Å²) in [5, 5.41) is 7.34. The summed E-state index contributed by atoms with van der Waals surface area (Å²) in [7, 11) is 0. The largest absolute Gasteiger partial charge is 0.370 e. The molecule has 5 nitrogen and oxygen atoms in total. The first-order valence-electron chi connectivity index (χ1n) is 7.67. The molecule has 0 amide bonds. The van der Waals surface area contributed by atoms with Crippen LogP contribution < -0.4 is 11.1 Å². The maximum absolute atomic E-state index is 5.95. The molecular formula is C15H27IN4O. The first kappa shape index (κ1) is 18.3. The Balaban J connectivity index is 0.00000220. The van der Waals surface area contributed by atoms with Gasteiger partial charge in [0, 0.05) is 12.1 Å². The van der Waals surface area contributed by atoms with E-state index in [4.69, 9.17) is 10.3 Å². The second kappa shape index (κ2) is 9.27. The minimum atomic E-state index is 0. The van der Waals surface area contributed by atoms with Crippen molar-refractivity contribution < 1.29 is 4.52 Å². The van der Waals surface area contributed by atoms with Crippen molar-refractivity contribution in [2.45, 2.75) is 70.9 Å². The van der Waals surface area contributed by atoms with Crippen LogP contribution in [0.5, 0.6) is 0 Å². The maximum atomic E-state index is 5.95. The highest BCUT2D eigenvalue weighted by molar-refractivity contribution is 14.0. The molecule has 0 saturated heterocycles. The smallest absolute Gasteiger partial charge is 0.189 e. The number of aromatic nitrogens is 1. The van der Waals surface area contributed by atoms with E-state index in [9.17, 15) is 0 Å². The van der Waals surface area contributed by atoms with Gasteiger partial charge in [-0.1, -0.05) is 44.7 Å². The third kappa shape index (κ3) is 6.23. The lowest BCUT2D eigenvalue weighted by Gasteiger charge is -2.16. The van der Waals surface area contributed by atoms with Crippen LogP contribution in [0.4, 0.5) is 0 Å². The van der Waals surface area contributed by atoms with E-state index in [0.717, 1.165) is 11.5 Å². The highest BCUT2D eigenvalue weighted by Crippen LogP contribution is 2.17. The second-order valence-corrected chi connectivity index (χ2v) is 5.91. The van der Waals surface area contributed by atoms with Gasteiger partial charge in [-0.2, -0.15) is 0 Å². The van der Waals surface area contributed by atoms with E-state index in [1.165, 1.54) is 38.5 Å². The average Bonchev–Trinajstić information content (AvgIpc) is 2.75. The van der Waals surface area contributed by atoms with Gasteiger partial charge in [-0.15, -0.1) is 24.0 Å². The number of hydrogen-bond acceptors (Lipinski definition) is 3. The summed E-state index contributed by atoms with van der Waals surface area (Å²) in [5.41, 5.74) is 6.91. The lowest BCUT2D eigenvalue weighted by Crippen LogP contribution is -2.39. The highest BCUT2D eigenvalue weighted by Gasteiger charge is 2.12. The predicted molar refractivity (Wildman–Crippen MR) is 96.0 cm³/mol. The normalized spacial score (nSPS) is 17.4. The lowest BCUT2D eigenvalue weighted by atomic mass is 10.1. The number of nitrogens with two attached hydrogens (primary N) is 1. The summed E-state index contributed by atoms with van der Waals surface area (Å²) < 4.78 is 5.25. The van der Waals surface area contributed by atoms with Gasteiger partial charge in [0.25, 0.3) is 0 Å². The van der Waals surface area contributed by atoms with Gasteiger partial charge in [-0.3, -0.25) is 0 Å². The van der Waals surface area contributed by atoms with Crippen LogP contribution in [0.2, 0.25) is 0 Å². The molecule has 1 aromatic heterocycles. The molecule has 0 aliphatic heterocycles. The van der Waals surface area contributed by atoms with Crippen molar-refractivity contribution in [2.24, 2.45) is 10.7 Å². The molecule has 0 radical (unpaired) electrons. The molecule has 0 bridgehead atoms. The molecular weight excluding hydrogens is 379 g/mol. The molecule has 0 atom stereocenters. The summed E-state index contributed by atoms with van der Waals surface area (Å²) in [6, 6.07) is 2.43. The average molecular weight is 406 g/mol. The molecule has 6 heteroatoms. The van der Waals surface area contributed by atoms with E-state index in [1.54, 1.807) is 0 Å². The first-order chi connectivity index (χ1) is 9.65. The summed E-state index contributed by atoms with van der Waals surface area (Å²) in [6.45, 7) is 4.63. The molecule has 1 aliphatic rings. The van der Waals surface area contributed by atoms with E-state index >= 15 is 0 Å². The Morgan fingerprint density at radius 2 is 2.05 bits per heavy atom. The zero-order chi connectivity index (χ0) is 14.4. The van der Waals surface area contributed by atoms with Gasteiger partial charge in [0.05, 0.1) is 5.69 Å². The summed E-state index contributed by atoms with van der Waals surface area (Å²) >= 11 is 0. The second-order valence-electron chi connectivity index (χ2n) is 5.91. The van der Waals surface area contributed by atoms with Crippen LogP contribution in [-0.4, -0.2) is 17.2 Å². The van der Waals surface area contributed by atoms with Crippen LogP contribution in [-0.2, 0) is 6.54 Å². The Morgan fingerprint density at radius 3 is 2.62 bits per heavy atom. The monoisotopic (exact) mass is 406 g/mol. The standard InChI is InChI=1S/C15H26N4O.HI/c1-11(2)14-9-13(20-19-14)10-17-15(16)18-12-7-5-3-4-6-8-12;/h9,11-12H,3-8,10H2,1-2H3,(H3,16,17,18);1H. The van der Waals surface area contributed by atoms with Crippen LogP contribution in [0.15, 0.2) is 15.6 Å². The third-order valence-corrected chi connectivity index (χ3v) is 3.78. The van der Waals surface area contributed by atoms with Crippen LogP contribution >= 0.6 is 24.0 Å². The van der Waals surface area contributed by atoms with Gasteiger partial charge < -0.3 is 15.6 Å². The summed E-state index contributed by atoms with van der Waals surface area (Å²) in [4.78, 5) is 4.34. The number of hydrogen-bond donors (Lipinski definition) is 2. The Morgan fingerprint density at radius 1 is 1.38 bits per heavy atom. The van der Waals surface area contributed by atoms with E-state index in [-0.39, 0.29) is 24.0 Å². The third-order valence-electron chi connectivity index (χ3n) is 3.78. The van der Waals surface area contributed by atoms with E-state index in [0.29, 0.717) is 24.5 Å². The van der Waals surface area contributed by atoms with Gasteiger partial charge in [0.15, 0.2) is 11.7 Å². The molecule has 1 aromatic rings. The van der Waals surface area contributed by atoms with Gasteiger partial charge in [-0.05, 0) is 18.8 Å². The van der Waals surface area contributed by atoms with E-state index < -0.39 is 0 Å². The fourth-order valence-electron chi connectivity index (χ4n) is 2.52. The van der Waals surface area contributed by atoms with Crippen LogP contribution in [0.1, 0.15) is 69.7 Å². The summed E-state index contributed by atoms with van der Waals surface area (Å²) in [5.74, 6) is 1.65. The molecule has 2 rings (SSSR count). The number of nitrogens with zero attached hydrogens (tertiary/aromatic N) is 2. The topological polar surface area (TPSA) is 76.4 Å². The van der Waals surface area contributed by atoms with Crippen LogP contribution in [0.25, 0.3) is 0 Å². The SMILES string of the molecule is CC(C)c1cc(CN=C(N)NC2CCCCCC2)on1.I. The first-order valence-corrected chi connectivity index (χ1v) is 7.67. The van der Waals surface area contributed by atoms with E-state index in [1.807, 2.05) is 6.07 Å².